The topological polar surface area (TPSA) is 29.5 Å². The fourth-order valence-electron chi connectivity index (χ4n) is 2.56. The molecule has 0 aliphatic heterocycles. The van der Waals surface area contributed by atoms with E-state index in [1.54, 1.807) is 0 Å². The number of amides is 1. The third kappa shape index (κ3) is 5.13. The summed E-state index contributed by atoms with van der Waals surface area (Å²) < 4.78 is 5.71. The molecule has 0 fully saturated rings. The van der Waals surface area contributed by atoms with Gasteiger partial charge < -0.3 is 9.64 Å². The van der Waals surface area contributed by atoms with Crippen molar-refractivity contribution in [2.75, 3.05) is 11.5 Å². The number of hydrogen-bond donors (Lipinski definition) is 0. The molecule has 0 unspecified atom stereocenters. The maximum Gasteiger partial charge on any atom is 0.227 e. The molecule has 3 heteroatoms. The van der Waals surface area contributed by atoms with Crippen LogP contribution in [-0.2, 0) is 4.79 Å². The molecule has 0 aliphatic rings. The minimum absolute atomic E-state index is 0.138. The van der Waals surface area contributed by atoms with E-state index in [4.69, 9.17) is 4.74 Å². The summed E-state index contributed by atoms with van der Waals surface area (Å²) in [5.41, 5.74) is 2.13. The molecule has 0 spiro atoms. The number of nitrogens with zero attached hydrogens (tertiary/aromatic N) is 1. The highest BCUT2D eigenvalue weighted by Crippen LogP contribution is 2.18. The molecule has 3 nitrogen and oxygen atoms in total. The van der Waals surface area contributed by atoms with Crippen molar-refractivity contribution in [3.8, 4) is 5.75 Å². The van der Waals surface area contributed by atoms with Gasteiger partial charge in [-0.2, -0.15) is 0 Å². The summed E-state index contributed by atoms with van der Waals surface area (Å²) in [6, 6.07) is 17.9. The predicted octanol–water partition coefficient (Wildman–Crippen LogP) is 4.60. The number of carbonyl (C=O) groups is 1. The van der Waals surface area contributed by atoms with Gasteiger partial charge in [0.05, 0.1) is 6.61 Å². The average Bonchev–Trinajstić information content (AvgIpc) is 2.52. The van der Waals surface area contributed by atoms with Crippen LogP contribution in [0.1, 0.15) is 32.3 Å². The second kappa shape index (κ2) is 8.37. The van der Waals surface area contributed by atoms with E-state index < -0.39 is 0 Å². The molecule has 0 saturated heterocycles. The van der Waals surface area contributed by atoms with Gasteiger partial charge in [-0.3, -0.25) is 4.79 Å². The Morgan fingerprint density at radius 1 is 1.09 bits per heavy atom. The van der Waals surface area contributed by atoms with Crippen LogP contribution in [-0.4, -0.2) is 18.6 Å². The lowest BCUT2D eigenvalue weighted by Gasteiger charge is -2.27. The molecule has 0 saturated carbocycles. The maximum absolute atomic E-state index is 12.5. The number of carbonyl (C=O) groups excluding carboxylic acids is 1. The summed E-state index contributed by atoms with van der Waals surface area (Å²) in [5.74, 6) is 1.00. The molecule has 2 aromatic carbocycles. The van der Waals surface area contributed by atoms with Gasteiger partial charge in [0, 0.05) is 18.2 Å². The molecule has 2 aromatic rings. The van der Waals surface area contributed by atoms with Crippen LogP contribution >= 0.6 is 0 Å². The van der Waals surface area contributed by atoms with E-state index in [2.05, 4.69) is 0 Å². The Morgan fingerprint density at radius 2 is 1.83 bits per heavy atom. The van der Waals surface area contributed by atoms with Gasteiger partial charge >= 0.3 is 0 Å². The molecule has 0 atom stereocenters. The van der Waals surface area contributed by atoms with Crippen LogP contribution in [0.2, 0.25) is 0 Å². The SMILES string of the molecule is Cc1cccc(OCCCC(=O)N(c2ccccc2)C(C)C)c1. The zero-order valence-corrected chi connectivity index (χ0v) is 14.2. The first-order valence-electron chi connectivity index (χ1n) is 8.14. The summed E-state index contributed by atoms with van der Waals surface area (Å²) in [7, 11) is 0. The molecule has 0 radical (unpaired) electrons. The van der Waals surface area contributed by atoms with Crippen LogP contribution in [0.25, 0.3) is 0 Å². The summed E-state index contributed by atoms with van der Waals surface area (Å²) in [6.45, 7) is 6.66. The summed E-state index contributed by atoms with van der Waals surface area (Å²) in [6.07, 6.45) is 1.20. The van der Waals surface area contributed by atoms with Crippen LogP contribution in [0.3, 0.4) is 0 Å². The van der Waals surface area contributed by atoms with Crippen LogP contribution in [0.5, 0.6) is 5.75 Å². The molecule has 0 bridgehead atoms. The first-order chi connectivity index (χ1) is 11.1. The van der Waals surface area contributed by atoms with Crippen molar-refractivity contribution in [1.82, 2.24) is 0 Å². The predicted molar refractivity (Wildman–Crippen MR) is 95.0 cm³/mol. The first kappa shape index (κ1) is 17.1. The Balaban J connectivity index is 1.85. The molecule has 0 N–H and O–H groups in total. The highest BCUT2D eigenvalue weighted by Gasteiger charge is 2.18. The second-order valence-corrected chi connectivity index (χ2v) is 5.96. The molecule has 2 rings (SSSR count). The number of hydrogen-bond acceptors (Lipinski definition) is 2. The summed E-state index contributed by atoms with van der Waals surface area (Å²) in [5, 5.41) is 0. The molecule has 122 valence electrons. The van der Waals surface area contributed by atoms with E-state index in [1.807, 2.05) is 80.3 Å². The molecular weight excluding hydrogens is 286 g/mol. The molecule has 0 aromatic heterocycles. The largest absolute Gasteiger partial charge is 0.494 e. The smallest absolute Gasteiger partial charge is 0.227 e. The number of para-hydroxylation sites is 1. The first-order valence-corrected chi connectivity index (χ1v) is 8.14. The van der Waals surface area contributed by atoms with Crippen molar-refractivity contribution in [2.45, 2.75) is 39.7 Å². The van der Waals surface area contributed by atoms with Crippen molar-refractivity contribution < 1.29 is 9.53 Å². The molecular formula is C20H25NO2. The Kier molecular flexibility index (Phi) is 6.21. The number of aryl methyl sites for hydroxylation is 1. The Bertz CT molecular complexity index is 623. The fourth-order valence-corrected chi connectivity index (χ4v) is 2.56. The summed E-state index contributed by atoms with van der Waals surface area (Å²) >= 11 is 0. The van der Waals surface area contributed by atoms with Crippen molar-refractivity contribution in [3.05, 3.63) is 60.2 Å². The highest BCUT2D eigenvalue weighted by molar-refractivity contribution is 5.93. The van der Waals surface area contributed by atoms with Crippen molar-refractivity contribution in [2.24, 2.45) is 0 Å². The molecule has 0 heterocycles. The molecule has 0 aliphatic carbocycles. The Labute approximate surface area is 138 Å². The standard InChI is InChI=1S/C20H25NO2/c1-16(2)21(18-10-5-4-6-11-18)20(22)13-8-14-23-19-12-7-9-17(3)15-19/h4-7,9-12,15-16H,8,13-14H2,1-3H3. The quantitative estimate of drug-likeness (QED) is 0.700. The van der Waals surface area contributed by atoms with Gasteiger partial charge in [0.2, 0.25) is 5.91 Å². The Hall–Kier alpha value is -2.29. The van der Waals surface area contributed by atoms with E-state index in [9.17, 15) is 4.79 Å². The van der Waals surface area contributed by atoms with E-state index >= 15 is 0 Å². The van der Waals surface area contributed by atoms with Crippen LogP contribution in [0.15, 0.2) is 54.6 Å². The van der Waals surface area contributed by atoms with Crippen molar-refractivity contribution >= 4 is 11.6 Å². The van der Waals surface area contributed by atoms with Gasteiger partial charge in [-0.1, -0.05) is 30.3 Å². The number of rotatable bonds is 7. The zero-order valence-electron chi connectivity index (χ0n) is 14.2. The molecule has 23 heavy (non-hydrogen) atoms. The average molecular weight is 311 g/mol. The Morgan fingerprint density at radius 3 is 2.48 bits per heavy atom. The van der Waals surface area contributed by atoms with Gasteiger partial charge in [-0.05, 0) is 57.0 Å². The summed E-state index contributed by atoms with van der Waals surface area (Å²) in [4.78, 5) is 14.4. The zero-order chi connectivity index (χ0) is 16.7. The molecule has 1 amide bonds. The lowest BCUT2D eigenvalue weighted by molar-refractivity contribution is -0.119. The van der Waals surface area contributed by atoms with Gasteiger partial charge in [0.1, 0.15) is 5.75 Å². The number of benzene rings is 2. The lowest BCUT2D eigenvalue weighted by atomic mass is 10.2. The number of anilines is 1. The van der Waals surface area contributed by atoms with Crippen molar-refractivity contribution in [1.29, 1.82) is 0 Å². The fraction of sp³-hybridized carbons (Fsp3) is 0.350. The third-order valence-corrected chi connectivity index (χ3v) is 3.61. The van der Waals surface area contributed by atoms with Gasteiger partial charge in [0.15, 0.2) is 0 Å². The minimum Gasteiger partial charge on any atom is -0.494 e. The number of ether oxygens (including phenoxy) is 1. The van der Waals surface area contributed by atoms with Crippen LogP contribution in [0.4, 0.5) is 5.69 Å². The van der Waals surface area contributed by atoms with E-state index in [0.29, 0.717) is 19.4 Å². The van der Waals surface area contributed by atoms with Gasteiger partial charge in [-0.15, -0.1) is 0 Å². The van der Waals surface area contributed by atoms with Crippen LogP contribution < -0.4 is 9.64 Å². The van der Waals surface area contributed by atoms with Gasteiger partial charge in [0.25, 0.3) is 0 Å². The monoisotopic (exact) mass is 311 g/mol. The van der Waals surface area contributed by atoms with Crippen molar-refractivity contribution in [3.63, 3.8) is 0 Å². The van der Waals surface area contributed by atoms with E-state index in [1.165, 1.54) is 5.56 Å². The van der Waals surface area contributed by atoms with Crippen LogP contribution in [0, 0.1) is 6.92 Å². The van der Waals surface area contributed by atoms with E-state index in [0.717, 1.165) is 11.4 Å². The van der Waals surface area contributed by atoms with Gasteiger partial charge in [-0.25, -0.2) is 0 Å². The third-order valence-electron chi connectivity index (χ3n) is 3.61. The van der Waals surface area contributed by atoms with E-state index in [-0.39, 0.29) is 11.9 Å². The minimum atomic E-state index is 0.138. The highest BCUT2D eigenvalue weighted by atomic mass is 16.5. The maximum atomic E-state index is 12.5. The lowest BCUT2D eigenvalue weighted by Crippen LogP contribution is -2.37. The second-order valence-electron chi connectivity index (χ2n) is 5.96. The normalized spacial score (nSPS) is 10.6.